The molecule has 0 unspecified atom stereocenters. The molecule has 1 heterocycles. The van der Waals surface area contributed by atoms with Crippen LogP contribution in [0.15, 0.2) is 6.20 Å². The van der Waals surface area contributed by atoms with Crippen molar-refractivity contribution in [1.29, 1.82) is 0 Å². The molecule has 90 valence electrons. The van der Waals surface area contributed by atoms with Crippen molar-refractivity contribution in [2.45, 2.75) is 27.2 Å². The second-order valence-corrected chi connectivity index (χ2v) is 4.03. The average molecular weight is 226 g/mol. The lowest BCUT2D eigenvalue weighted by atomic mass is 10.1. The van der Waals surface area contributed by atoms with Crippen molar-refractivity contribution in [3.8, 4) is 0 Å². The molecule has 0 amide bonds. The standard InChI is InChI=1S/C11H19FN4/c1-4-13-11-15-7-9(12)10(16-11)14-6-5-8(2)3/h7-8H,4-6H2,1-3H3,(H2,13,14,15,16). The van der Waals surface area contributed by atoms with Gasteiger partial charge >= 0.3 is 0 Å². The number of aromatic nitrogens is 2. The largest absolute Gasteiger partial charge is 0.367 e. The maximum atomic E-state index is 13.3. The van der Waals surface area contributed by atoms with Crippen LogP contribution in [0.1, 0.15) is 27.2 Å². The van der Waals surface area contributed by atoms with Crippen molar-refractivity contribution in [2.24, 2.45) is 5.92 Å². The van der Waals surface area contributed by atoms with E-state index in [1.54, 1.807) is 0 Å². The predicted molar refractivity (Wildman–Crippen MR) is 64.1 cm³/mol. The van der Waals surface area contributed by atoms with Crippen LogP contribution in [0.4, 0.5) is 16.2 Å². The lowest BCUT2D eigenvalue weighted by Crippen LogP contribution is -2.10. The molecule has 0 radical (unpaired) electrons. The van der Waals surface area contributed by atoms with Crippen LogP contribution in [-0.4, -0.2) is 23.1 Å². The number of halogens is 1. The number of rotatable bonds is 6. The molecule has 0 aliphatic heterocycles. The van der Waals surface area contributed by atoms with Gasteiger partial charge in [-0.05, 0) is 19.3 Å². The van der Waals surface area contributed by atoms with Crippen molar-refractivity contribution in [3.05, 3.63) is 12.0 Å². The van der Waals surface area contributed by atoms with E-state index in [0.717, 1.165) is 19.5 Å². The van der Waals surface area contributed by atoms with Crippen LogP contribution in [0.3, 0.4) is 0 Å². The maximum absolute atomic E-state index is 13.3. The molecule has 5 heteroatoms. The Labute approximate surface area is 95.7 Å². The third-order valence-electron chi connectivity index (χ3n) is 2.09. The molecule has 4 nitrogen and oxygen atoms in total. The van der Waals surface area contributed by atoms with E-state index >= 15 is 0 Å². The third-order valence-corrected chi connectivity index (χ3v) is 2.09. The van der Waals surface area contributed by atoms with Crippen LogP contribution in [-0.2, 0) is 0 Å². The Morgan fingerprint density at radius 2 is 2.12 bits per heavy atom. The first-order valence-electron chi connectivity index (χ1n) is 5.63. The maximum Gasteiger partial charge on any atom is 0.224 e. The van der Waals surface area contributed by atoms with Crippen LogP contribution in [0.2, 0.25) is 0 Å². The number of nitrogens with one attached hydrogen (secondary N) is 2. The molecule has 1 aromatic rings. The molecule has 1 aromatic heterocycles. The summed E-state index contributed by atoms with van der Waals surface area (Å²) in [6.07, 6.45) is 2.17. The third kappa shape index (κ3) is 4.00. The van der Waals surface area contributed by atoms with Gasteiger partial charge in [0.25, 0.3) is 0 Å². The number of hydrogen-bond acceptors (Lipinski definition) is 4. The number of hydrogen-bond donors (Lipinski definition) is 2. The Morgan fingerprint density at radius 3 is 2.75 bits per heavy atom. The second kappa shape index (κ2) is 6.25. The summed E-state index contributed by atoms with van der Waals surface area (Å²) in [5.74, 6) is 0.901. The van der Waals surface area contributed by atoms with Crippen LogP contribution in [0.25, 0.3) is 0 Å². The zero-order valence-electron chi connectivity index (χ0n) is 10.0. The van der Waals surface area contributed by atoms with E-state index in [0.29, 0.717) is 11.9 Å². The summed E-state index contributed by atoms with van der Waals surface area (Å²) in [6, 6.07) is 0. The van der Waals surface area contributed by atoms with Crippen LogP contribution >= 0.6 is 0 Å². The van der Waals surface area contributed by atoms with Crippen molar-refractivity contribution in [3.63, 3.8) is 0 Å². The molecule has 0 atom stereocenters. The van der Waals surface area contributed by atoms with E-state index in [2.05, 4.69) is 34.4 Å². The summed E-state index contributed by atoms with van der Waals surface area (Å²) in [4.78, 5) is 7.89. The Bertz CT molecular complexity index is 328. The summed E-state index contributed by atoms with van der Waals surface area (Å²) in [5.41, 5.74) is 0. The summed E-state index contributed by atoms with van der Waals surface area (Å²) < 4.78 is 13.3. The van der Waals surface area contributed by atoms with Crippen LogP contribution in [0.5, 0.6) is 0 Å². The molecule has 1 rings (SSSR count). The lowest BCUT2D eigenvalue weighted by Gasteiger charge is -2.09. The average Bonchev–Trinajstić information content (AvgIpc) is 2.22. The Morgan fingerprint density at radius 1 is 1.38 bits per heavy atom. The van der Waals surface area contributed by atoms with Gasteiger partial charge in [-0.25, -0.2) is 9.37 Å². The van der Waals surface area contributed by atoms with Gasteiger partial charge in [0.05, 0.1) is 6.20 Å². The molecular formula is C11H19FN4. The fraction of sp³-hybridized carbons (Fsp3) is 0.636. The molecule has 0 spiro atoms. The highest BCUT2D eigenvalue weighted by Crippen LogP contribution is 2.12. The zero-order valence-corrected chi connectivity index (χ0v) is 10.0. The molecular weight excluding hydrogens is 207 g/mol. The van der Waals surface area contributed by atoms with Gasteiger partial charge in [0.2, 0.25) is 5.95 Å². The van der Waals surface area contributed by atoms with Gasteiger partial charge in [-0.15, -0.1) is 0 Å². The molecule has 0 fully saturated rings. The van der Waals surface area contributed by atoms with Crippen molar-refractivity contribution in [2.75, 3.05) is 23.7 Å². The summed E-state index contributed by atoms with van der Waals surface area (Å²) in [6.45, 7) is 7.64. The molecule has 0 saturated carbocycles. The van der Waals surface area contributed by atoms with E-state index in [9.17, 15) is 4.39 Å². The highest BCUT2D eigenvalue weighted by molar-refractivity contribution is 5.40. The Balaban J connectivity index is 2.59. The zero-order chi connectivity index (χ0) is 12.0. The van der Waals surface area contributed by atoms with Gasteiger partial charge < -0.3 is 10.6 Å². The second-order valence-electron chi connectivity index (χ2n) is 4.03. The van der Waals surface area contributed by atoms with Crippen LogP contribution in [0, 0.1) is 11.7 Å². The summed E-state index contributed by atoms with van der Waals surface area (Å²) in [5, 5.41) is 5.92. The Hall–Kier alpha value is -1.39. The minimum absolute atomic E-state index is 0.270. The van der Waals surface area contributed by atoms with Crippen molar-refractivity contribution in [1.82, 2.24) is 9.97 Å². The molecule has 0 bridgehead atoms. The minimum atomic E-state index is -0.412. The number of nitrogens with zero attached hydrogens (tertiary/aromatic N) is 2. The molecule has 16 heavy (non-hydrogen) atoms. The van der Waals surface area contributed by atoms with Gasteiger partial charge in [-0.2, -0.15) is 4.98 Å². The first-order chi connectivity index (χ1) is 7.63. The Kier molecular flexibility index (Phi) is 4.95. The van der Waals surface area contributed by atoms with Gasteiger partial charge in [0.1, 0.15) is 0 Å². The van der Waals surface area contributed by atoms with Gasteiger partial charge in [-0.1, -0.05) is 13.8 Å². The van der Waals surface area contributed by atoms with E-state index in [1.807, 2.05) is 6.92 Å². The van der Waals surface area contributed by atoms with E-state index in [-0.39, 0.29) is 5.82 Å². The smallest absolute Gasteiger partial charge is 0.224 e. The quantitative estimate of drug-likeness (QED) is 0.782. The molecule has 0 aromatic carbocycles. The van der Waals surface area contributed by atoms with E-state index < -0.39 is 5.82 Å². The first kappa shape index (κ1) is 12.7. The lowest BCUT2D eigenvalue weighted by molar-refractivity contribution is 0.594. The van der Waals surface area contributed by atoms with E-state index in [1.165, 1.54) is 6.20 Å². The van der Waals surface area contributed by atoms with Crippen molar-refractivity contribution < 1.29 is 4.39 Å². The fourth-order valence-corrected chi connectivity index (χ4v) is 1.21. The highest BCUT2D eigenvalue weighted by atomic mass is 19.1. The predicted octanol–water partition coefficient (Wildman–Crippen LogP) is 2.51. The van der Waals surface area contributed by atoms with Crippen molar-refractivity contribution >= 4 is 11.8 Å². The van der Waals surface area contributed by atoms with Gasteiger partial charge in [-0.3, -0.25) is 0 Å². The molecule has 0 saturated heterocycles. The van der Waals surface area contributed by atoms with E-state index in [4.69, 9.17) is 0 Å². The molecule has 0 aliphatic rings. The number of anilines is 2. The minimum Gasteiger partial charge on any atom is -0.367 e. The first-order valence-corrected chi connectivity index (χ1v) is 5.63. The topological polar surface area (TPSA) is 49.8 Å². The van der Waals surface area contributed by atoms with Gasteiger partial charge in [0, 0.05) is 13.1 Å². The summed E-state index contributed by atoms with van der Waals surface area (Å²) in [7, 11) is 0. The van der Waals surface area contributed by atoms with Gasteiger partial charge in [0.15, 0.2) is 11.6 Å². The SMILES string of the molecule is CCNc1ncc(F)c(NCCC(C)C)n1. The highest BCUT2D eigenvalue weighted by Gasteiger charge is 2.05. The monoisotopic (exact) mass is 226 g/mol. The summed E-state index contributed by atoms with van der Waals surface area (Å²) >= 11 is 0. The molecule has 0 aliphatic carbocycles. The normalized spacial score (nSPS) is 10.6. The fourth-order valence-electron chi connectivity index (χ4n) is 1.21. The van der Waals surface area contributed by atoms with Crippen LogP contribution < -0.4 is 10.6 Å². The molecule has 2 N–H and O–H groups in total.